The maximum atomic E-state index is 12.4. The molecule has 3 rings (SSSR count). The molecule has 3 fully saturated rings. The van der Waals surface area contributed by atoms with Gasteiger partial charge in [0.15, 0.2) is 0 Å². The number of nitrogens with zero attached hydrogens (tertiary/aromatic N) is 1. The zero-order valence-corrected chi connectivity index (χ0v) is 15.0. The van der Waals surface area contributed by atoms with Gasteiger partial charge in [-0.2, -0.15) is 0 Å². The third-order valence-corrected chi connectivity index (χ3v) is 6.11. The van der Waals surface area contributed by atoms with Gasteiger partial charge in [-0.25, -0.2) is 0 Å². The highest BCUT2D eigenvalue weighted by Crippen LogP contribution is 2.29. The number of likely N-dealkylation sites (tertiary alicyclic amines) is 2. The lowest BCUT2D eigenvalue weighted by Gasteiger charge is -2.23. The molecule has 1 aliphatic carbocycles. The molecular weight excluding hydrogens is 302 g/mol. The summed E-state index contributed by atoms with van der Waals surface area (Å²) in [6.45, 7) is 5.16. The van der Waals surface area contributed by atoms with Gasteiger partial charge in [-0.3, -0.25) is 9.59 Å². The van der Waals surface area contributed by atoms with Gasteiger partial charge in [0.2, 0.25) is 11.8 Å². The average molecular weight is 337 g/mol. The van der Waals surface area contributed by atoms with E-state index in [-0.39, 0.29) is 17.7 Å². The van der Waals surface area contributed by atoms with Crippen molar-refractivity contribution in [3.05, 3.63) is 0 Å². The fourth-order valence-corrected chi connectivity index (χ4v) is 4.65. The smallest absolute Gasteiger partial charge is 0.225 e. The molecule has 2 aliphatic heterocycles. The number of nitrogens with one attached hydrogen (secondary N) is 2. The molecule has 2 heterocycles. The Balaban J connectivity index is 1.34. The Labute approximate surface area is 146 Å². The van der Waals surface area contributed by atoms with Crippen molar-refractivity contribution in [3.63, 3.8) is 0 Å². The van der Waals surface area contributed by atoms with Crippen LogP contribution < -0.4 is 10.2 Å². The molecule has 2 N–H and O–H groups in total. The average Bonchev–Trinajstić information content (AvgIpc) is 3.15. The second kappa shape index (κ2) is 8.84. The summed E-state index contributed by atoms with van der Waals surface area (Å²) < 4.78 is 0. The lowest BCUT2D eigenvalue weighted by Crippen LogP contribution is -3.11. The molecule has 0 aromatic rings. The molecule has 0 radical (unpaired) electrons. The van der Waals surface area contributed by atoms with E-state index in [0.29, 0.717) is 19.0 Å². The van der Waals surface area contributed by atoms with Crippen LogP contribution in [0, 0.1) is 5.92 Å². The van der Waals surface area contributed by atoms with E-state index in [2.05, 4.69) is 5.32 Å². The van der Waals surface area contributed by atoms with E-state index in [1.54, 1.807) is 4.90 Å². The summed E-state index contributed by atoms with van der Waals surface area (Å²) in [5, 5.41) is 3.08. The predicted molar refractivity (Wildman–Crippen MR) is 93.7 cm³/mol. The van der Waals surface area contributed by atoms with E-state index >= 15 is 0 Å². The number of carbonyl (C=O) groups is 2. The van der Waals surface area contributed by atoms with Gasteiger partial charge in [0.25, 0.3) is 0 Å². The largest absolute Gasteiger partial charge is 0.356 e. The summed E-state index contributed by atoms with van der Waals surface area (Å²) in [5.41, 5.74) is 0. The second-order valence-corrected chi connectivity index (χ2v) is 7.94. The highest BCUT2D eigenvalue weighted by molar-refractivity contribution is 5.89. The first kappa shape index (κ1) is 17.7. The van der Waals surface area contributed by atoms with Crippen molar-refractivity contribution < 1.29 is 14.5 Å². The molecule has 2 amide bonds. The number of carbonyl (C=O) groups excluding carboxylic acids is 2. The van der Waals surface area contributed by atoms with Crippen molar-refractivity contribution >= 4 is 11.8 Å². The lowest BCUT2D eigenvalue weighted by molar-refractivity contribution is -0.899. The number of hydrogen-bond donors (Lipinski definition) is 2. The van der Waals surface area contributed by atoms with Crippen molar-refractivity contribution in [2.75, 3.05) is 32.7 Å². The first-order valence-corrected chi connectivity index (χ1v) is 10.1. The van der Waals surface area contributed by atoms with Crippen molar-refractivity contribution in [1.29, 1.82) is 0 Å². The summed E-state index contributed by atoms with van der Waals surface area (Å²) in [7, 11) is 0. The zero-order chi connectivity index (χ0) is 16.8. The Bertz CT molecular complexity index is 426. The quantitative estimate of drug-likeness (QED) is 0.703. The van der Waals surface area contributed by atoms with Crippen LogP contribution >= 0.6 is 0 Å². The van der Waals surface area contributed by atoms with Crippen molar-refractivity contribution in [3.8, 4) is 0 Å². The molecule has 1 saturated carbocycles. The van der Waals surface area contributed by atoms with Crippen molar-refractivity contribution in [1.82, 2.24) is 10.2 Å². The molecule has 1 atom stereocenters. The number of rotatable bonds is 6. The van der Waals surface area contributed by atoms with Crippen LogP contribution in [0.15, 0.2) is 0 Å². The summed E-state index contributed by atoms with van der Waals surface area (Å²) >= 11 is 0. The Kier molecular flexibility index (Phi) is 6.52. The molecule has 0 bridgehead atoms. The van der Waals surface area contributed by atoms with Crippen LogP contribution in [-0.4, -0.2) is 55.5 Å². The highest BCUT2D eigenvalue weighted by Gasteiger charge is 2.38. The molecule has 24 heavy (non-hydrogen) atoms. The van der Waals surface area contributed by atoms with Gasteiger partial charge in [0, 0.05) is 32.0 Å². The SMILES string of the molecule is O=C(NCCC[NH+]1CCCCCC1)[C@@H]1CC(=O)N(C2CCCC2)C1. The van der Waals surface area contributed by atoms with Gasteiger partial charge in [-0.05, 0) is 38.5 Å². The van der Waals surface area contributed by atoms with Crippen LogP contribution in [0.3, 0.4) is 0 Å². The zero-order valence-electron chi connectivity index (χ0n) is 15.0. The Morgan fingerprint density at radius 2 is 1.79 bits per heavy atom. The van der Waals surface area contributed by atoms with E-state index in [1.165, 1.54) is 51.6 Å². The van der Waals surface area contributed by atoms with E-state index < -0.39 is 0 Å². The first-order chi connectivity index (χ1) is 11.7. The Morgan fingerprint density at radius 3 is 2.50 bits per heavy atom. The maximum absolute atomic E-state index is 12.4. The van der Waals surface area contributed by atoms with Gasteiger partial charge in [0.05, 0.1) is 25.6 Å². The minimum absolute atomic E-state index is 0.0923. The van der Waals surface area contributed by atoms with E-state index in [4.69, 9.17) is 0 Å². The molecule has 3 aliphatic rings. The summed E-state index contributed by atoms with van der Waals surface area (Å²) in [4.78, 5) is 28.2. The first-order valence-electron chi connectivity index (χ1n) is 10.1. The van der Waals surface area contributed by atoms with Gasteiger partial charge >= 0.3 is 0 Å². The van der Waals surface area contributed by atoms with Crippen LogP contribution in [-0.2, 0) is 9.59 Å². The second-order valence-electron chi connectivity index (χ2n) is 7.94. The predicted octanol–water partition coefficient (Wildman–Crippen LogP) is 0.743. The van der Waals surface area contributed by atoms with Gasteiger partial charge in [-0.1, -0.05) is 12.8 Å². The normalized spacial score (nSPS) is 26.8. The van der Waals surface area contributed by atoms with E-state index in [9.17, 15) is 9.59 Å². The molecule has 0 spiro atoms. The van der Waals surface area contributed by atoms with Crippen LogP contribution in [0.5, 0.6) is 0 Å². The Morgan fingerprint density at radius 1 is 1.08 bits per heavy atom. The van der Waals surface area contributed by atoms with E-state index in [0.717, 1.165) is 32.4 Å². The van der Waals surface area contributed by atoms with Gasteiger partial charge < -0.3 is 15.1 Å². The summed E-state index contributed by atoms with van der Waals surface area (Å²) in [5.74, 6) is 0.161. The summed E-state index contributed by atoms with van der Waals surface area (Å²) in [6.07, 6.45) is 11.6. The molecule has 0 aromatic carbocycles. The minimum Gasteiger partial charge on any atom is -0.356 e. The maximum Gasteiger partial charge on any atom is 0.225 e. The van der Waals surface area contributed by atoms with Gasteiger partial charge in [0.1, 0.15) is 0 Å². The molecule has 5 nitrogen and oxygen atoms in total. The molecule has 0 unspecified atom stereocenters. The van der Waals surface area contributed by atoms with Crippen LogP contribution in [0.25, 0.3) is 0 Å². The van der Waals surface area contributed by atoms with Crippen molar-refractivity contribution in [2.24, 2.45) is 5.92 Å². The monoisotopic (exact) mass is 336 g/mol. The molecule has 5 heteroatoms. The number of quaternary nitrogens is 1. The van der Waals surface area contributed by atoms with Crippen molar-refractivity contribution in [2.45, 2.75) is 70.3 Å². The van der Waals surface area contributed by atoms with Gasteiger partial charge in [-0.15, -0.1) is 0 Å². The summed E-state index contributed by atoms with van der Waals surface area (Å²) in [6, 6.07) is 0.405. The fraction of sp³-hybridized carbons (Fsp3) is 0.895. The van der Waals surface area contributed by atoms with Crippen LogP contribution in [0.1, 0.15) is 64.2 Å². The molecule has 136 valence electrons. The number of hydrogen-bond acceptors (Lipinski definition) is 2. The molecule has 0 aromatic heterocycles. The standard InChI is InChI=1S/C19H33N3O2/c23-18-14-16(15-22(18)17-8-3-4-9-17)19(24)20-10-7-13-21-11-5-1-2-6-12-21/h16-17H,1-15H2,(H,20,24)/p+1/t16-/m1/s1. The molecule has 2 saturated heterocycles. The third-order valence-electron chi connectivity index (χ3n) is 6.11. The fourth-order valence-electron chi connectivity index (χ4n) is 4.65. The Hall–Kier alpha value is -1.10. The third kappa shape index (κ3) is 4.71. The molecular formula is C19H34N3O2+. The lowest BCUT2D eigenvalue weighted by atomic mass is 10.1. The van der Waals surface area contributed by atoms with Crippen LogP contribution in [0.4, 0.5) is 0 Å². The van der Waals surface area contributed by atoms with E-state index in [1.807, 2.05) is 4.90 Å². The number of amides is 2. The minimum atomic E-state index is -0.122. The highest BCUT2D eigenvalue weighted by atomic mass is 16.2. The topological polar surface area (TPSA) is 53.9 Å². The van der Waals surface area contributed by atoms with Crippen LogP contribution in [0.2, 0.25) is 0 Å².